The predicted molar refractivity (Wildman–Crippen MR) is 70.4 cm³/mol. The van der Waals surface area contributed by atoms with Crippen molar-refractivity contribution in [3.8, 4) is 6.07 Å². The van der Waals surface area contributed by atoms with Gasteiger partial charge in [-0.25, -0.2) is 0 Å². The minimum absolute atomic E-state index is 0.639. The molecule has 1 saturated carbocycles. The van der Waals surface area contributed by atoms with Gasteiger partial charge in [-0.05, 0) is 38.5 Å². The van der Waals surface area contributed by atoms with Crippen LogP contribution in [-0.4, -0.2) is 22.4 Å². The van der Waals surface area contributed by atoms with Crippen LogP contribution in [0.5, 0.6) is 0 Å². The van der Waals surface area contributed by atoms with Crippen molar-refractivity contribution in [2.45, 2.75) is 45.1 Å². The van der Waals surface area contributed by atoms with Crippen LogP contribution in [-0.2, 0) is 7.05 Å². The number of aryl methyl sites for hydroxylation is 2. The van der Waals surface area contributed by atoms with Gasteiger partial charge < -0.3 is 4.90 Å². The molecular weight excluding hydrogens is 224 g/mol. The van der Waals surface area contributed by atoms with Crippen LogP contribution in [0.3, 0.4) is 0 Å². The van der Waals surface area contributed by atoms with E-state index in [1.54, 1.807) is 0 Å². The number of anilines is 1. The molecule has 0 aromatic carbocycles. The lowest BCUT2D eigenvalue weighted by molar-refractivity contribution is 0.357. The highest BCUT2D eigenvalue weighted by Crippen LogP contribution is 2.40. The van der Waals surface area contributed by atoms with Gasteiger partial charge in [0, 0.05) is 19.6 Å². The summed E-state index contributed by atoms with van der Waals surface area (Å²) in [6, 6.07) is 2.98. The number of piperidine rings is 1. The molecule has 4 heteroatoms. The molecule has 96 valence electrons. The third-order valence-electron chi connectivity index (χ3n) is 4.57. The number of nitriles is 1. The van der Waals surface area contributed by atoms with E-state index in [1.165, 1.54) is 32.1 Å². The maximum atomic E-state index is 9.35. The van der Waals surface area contributed by atoms with Crippen LogP contribution in [0.15, 0.2) is 0 Å². The highest BCUT2D eigenvalue weighted by molar-refractivity contribution is 5.58. The molecule has 18 heavy (non-hydrogen) atoms. The van der Waals surface area contributed by atoms with Crippen molar-refractivity contribution in [1.29, 1.82) is 5.26 Å². The summed E-state index contributed by atoms with van der Waals surface area (Å²) in [5.41, 5.74) is 1.63. The molecule has 0 amide bonds. The molecule has 1 saturated heterocycles. The highest BCUT2D eigenvalue weighted by atomic mass is 15.4. The Balaban J connectivity index is 2.01. The number of hydrogen-bond donors (Lipinski definition) is 0. The van der Waals surface area contributed by atoms with Crippen molar-refractivity contribution in [3.63, 3.8) is 0 Å². The molecule has 0 spiro atoms. The lowest BCUT2D eigenvalue weighted by atomic mass is 9.91. The Morgan fingerprint density at radius 1 is 1.28 bits per heavy atom. The summed E-state index contributed by atoms with van der Waals surface area (Å²) >= 11 is 0. The Labute approximate surface area is 108 Å². The second-order valence-electron chi connectivity index (χ2n) is 5.61. The molecule has 0 bridgehead atoms. The molecule has 2 fully saturated rings. The second kappa shape index (κ2) is 4.31. The molecule has 3 rings (SSSR count). The van der Waals surface area contributed by atoms with E-state index in [2.05, 4.69) is 16.1 Å². The molecular formula is C14H20N4. The lowest BCUT2D eigenvalue weighted by Crippen LogP contribution is -2.43. The van der Waals surface area contributed by atoms with Gasteiger partial charge in [-0.3, -0.25) is 4.68 Å². The summed E-state index contributed by atoms with van der Waals surface area (Å²) in [7, 11) is 1.96. The van der Waals surface area contributed by atoms with Gasteiger partial charge >= 0.3 is 0 Å². The van der Waals surface area contributed by atoms with E-state index in [0.717, 1.165) is 29.5 Å². The van der Waals surface area contributed by atoms with E-state index in [0.29, 0.717) is 6.04 Å². The molecule has 1 aliphatic heterocycles. The normalized spacial score (nSPS) is 27.1. The smallest absolute Gasteiger partial charge is 0.145 e. The van der Waals surface area contributed by atoms with Crippen LogP contribution in [0.4, 0.5) is 5.82 Å². The van der Waals surface area contributed by atoms with E-state index >= 15 is 0 Å². The zero-order valence-corrected chi connectivity index (χ0v) is 11.2. The fraction of sp³-hybridized carbons (Fsp3) is 0.714. The molecule has 1 aromatic rings. The zero-order valence-electron chi connectivity index (χ0n) is 11.2. The first-order valence-electron chi connectivity index (χ1n) is 6.92. The number of nitrogens with zero attached hydrogens (tertiary/aromatic N) is 4. The van der Waals surface area contributed by atoms with E-state index in [1.807, 2.05) is 18.7 Å². The minimum atomic E-state index is 0.639. The summed E-state index contributed by atoms with van der Waals surface area (Å²) in [6.07, 6.45) is 6.58. The molecule has 2 unspecified atom stereocenters. The maximum absolute atomic E-state index is 9.35. The first-order chi connectivity index (χ1) is 8.72. The van der Waals surface area contributed by atoms with Gasteiger partial charge in [0.1, 0.15) is 17.5 Å². The number of aromatic nitrogens is 2. The molecule has 4 nitrogen and oxygen atoms in total. The number of fused-ring (bicyclic) bond motifs is 1. The van der Waals surface area contributed by atoms with Crippen molar-refractivity contribution < 1.29 is 0 Å². The van der Waals surface area contributed by atoms with Gasteiger partial charge in [0.2, 0.25) is 0 Å². The Hall–Kier alpha value is -1.50. The second-order valence-corrected chi connectivity index (χ2v) is 5.61. The van der Waals surface area contributed by atoms with Gasteiger partial charge in [0.05, 0.1) is 5.69 Å². The fourth-order valence-electron chi connectivity index (χ4n) is 3.82. The highest BCUT2D eigenvalue weighted by Gasteiger charge is 2.37. The van der Waals surface area contributed by atoms with Crippen molar-refractivity contribution in [1.82, 2.24) is 9.78 Å². The van der Waals surface area contributed by atoms with Crippen LogP contribution in [0, 0.1) is 24.2 Å². The summed E-state index contributed by atoms with van der Waals surface area (Å²) in [4.78, 5) is 2.46. The number of rotatable bonds is 1. The third-order valence-corrected chi connectivity index (χ3v) is 4.57. The molecule has 1 aliphatic carbocycles. The number of hydrogen-bond acceptors (Lipinski definition) is 3. The standard InChI is InChI=1S/C14H20N4/c1-10-12(9-15)14(17(2)16-10)18-8-4-6-11-5-3-7-13(11)18/h11,13H,3-8H2,1-2H3. The summed E-state index contributed by atoms with van der Waals surface area (Å²) in [5.74, 6) is 1.88. The fourth-order valence-corrected chi connectivity index (χ4v) is 3.82. The van der Waals surface area contributed by atoms with Crippen molar-refractivity contribution in [2.75, 3.05) is 11.4 Å². The Kier molecular flexibility index (Phi) is 2.77. The minimum Gasteiger partial charge on any atom is -0.352 e. The Bertz CT molecular complexity index is 497. The summed E-state index contributed by atoms with van der Waals surface area (Å²) in [6.45, 7) is 3.01. The van der Waals surface area contributed by atoms with Gasteiger partial charge in [-0.1, -0.05) is 6.42 Å². The van der Waals surface area contributed by atoms with Gasteiger partial charge in [-0.2, -0.15) is 10.4 Å². The van der Waals surface area contributed by atoms with Crippen LogP contribution >= 0.6 is 0 Å². The first-order valence-corrected chi connectivity index (χ1v) is 6.92. The van der Waals surface area contributed by atoms with Crippen molar-refractivity contribution >= 4 is 5.82 Å². The largest absolute Gasteiger partial charge is 0.352 e. The third kappa shape index (κ3) is 1.61. The molecule has 2 heterocycles. The van der Waals surface area contributed by atoms with E-state index in [9.17, 15) is 5.26 Å². The molecule has 0 radical (unpaired) electrons. The zero-order chi connectivity index (χ0) is 12.7. The average molecular weight is 244 g/mol. The van der Waals surface area contributed by atoms with Crippen LogP contribution < -0.4 is 4.90 Å². The van der Waals surface area contributed by atoms with Crippen LogP contribution in [0.2, 0.25) is 0 Å². The lowest BCUT2D eigenvalue weighted by Gasteiger charge is -2.39. The Morgan fingerprint density at radius 3 is 2.83 bits per heavy atom. The van der Waals surface area contributed by atoms with Gasteiger partial charge in [0.25, 0.3) is 0 Å². The quantitative estimate of drug-likeness (QED) is 0.762. The Morgan fingerprint density at radius 2 is 2.06 bits per heavy atom. The SMILES string of the molecule is Cc1nn(C)c(N2CCCC3CCCC32)c1C#N. The molecule has 2 aliphatic rings. The maximum Gasteiger partial charge on any atom is 0.145 e. The molecule has 1 aromatic heterocycles. The van der Waals surface area contributed by atoms with E-state index in [-0.39, 0.29) is 0 Å². The van der Waals surface area contributed by atoms with Crippen LogP contribution in [0.1, 0.15) is 43.4 Å². The van der Waals surface area contributed by atoms with Crippen molar-refractivity contribution in [2.24, 2.45) is 13.0 Å². The summed E-state index contributed by atoms with van der Waals surface area (Å²) < 4.78 is 1.90. The van der Waals surface area contributed by atoms with E-state index < -0.39 is 0 Å². The monoisotopic (exact) mass is 244 g/mol. The van der Waals surface area contributed by atoms with Crippen molar-refractivity contribution in [3.05, 3.63) is 11.3 Å². The first kappa shape index (κ1) is 11.6. The average Bonchev–Trinajstić information content (AvgIpc) is 2.92. The van der Waals surface area contributed by atoms with Crippen LogP contribution in [0.25, 0.3) is 0 Å². The van der Waals surface area contributed by atoms with Gasteiger partial charge in [0.15, 0.2) is 0 Å². The van der Waals surface area contributed by atoms with E-state index in [4.69, 9.17) is 0 Å². The summed E-state index contributed by atoms with van der Waals surface area (Å²) in [5, 5.41) is 13.8. The predicted octanol–water partition coefficient (Wildman–Crippen LogP) is 2.37. The molecule has 0 N–H and O–H groups in total. The van der Waals surface area contributed by atoms with Gasteiger partial charge in [-0.15, -0.1) is 0 Å². The topological polar surface area (TPSA) is 44.9 Å². The molecule has 2 atom stereocenters.